The Hall–Kier alpha value is -4.30. The molecule has 0 bridgehead atoms. The summed E-state index contributed by atoms with van der Waals surface area (Å²) in [5.41, 5.74) is 2.82. The van der Waals surface area contributed by atoms with Gasteiger partial charge in [0, 0.05) is 11.5 Å². The third kappa shape index (κ3) is 5.04. The molecule has 0 atom stereocenters. The topological polar surface area (TPSA) is 84.2 Å². The minimum atomic E-state index is -0.420. The highest BCUT2D eigenvalue weighted by Crippen LogP contribution is 2.37. The van der Waals surface area contributed by atoms with Crippen LogP contribution in [0.5, 0.6) is 17.2 Å². The van der Waals surface area contributed by atoms with Gasteiger partial charge in [-0.25, -0.2) is 0 Å². The molecule has 2 heterocycles. The first kappa shape index (κ1) is 23.4. The first-order valence-electron chi connectivity index (χ1n) is 11.3. The number of rotatable bonds is 8. The number of hydrogen-bond donors (Lipinski definition) is 1. The van der Waals surface area contributed by atoms with E-state index in [2.05, 4.69) is 4.99 Å². The highest BCUT2D eigenvalue weighted by molar-refractivity contribution is 8.17. The number of aliphatic imine (C=N–C) groups is 1. The minimum Gasteiger partial charge on any atom is -0.497 e. The van der Waals surface area contributed by atoms with E-state index in [1.54, 1.807) is 18.1 Å². The molecule has 0 saturated carbocycles. The van der Waals surface area contributed by atoms with Crippen molar-refractivity contribution in [2.24, 2.45) is 4.99 Å². The lowest BCUT2D eigenvalue weighted by Gasteiger charge is -2.26. The van der Waals surface area contributed by atoms with Crippen LogP contribution in [0.3, 0.4) is 0 Å². The van der Waals surface area contributed by atoms with Crippen LogP contribution >= 0.6 is 11.8 Å². The zero-order chi connectivity index (χ0) is 24.9. The monoisotopic (exact) mass is 497 g/mol. The van der Waals surface area contributed by atoms with Gasteiger partial charge in [0.25, 0.3) is 5.91 Å². The molecule has 2 aliphatic heterocycles. The molecule has 7 nitrogen and oxygen atoms in total. The van der Waals surface area contributed by atoms with E-state index in [1.807, 2.05) is 84.3 Å². The number of carbonyl (C=O) groups is 1. The van der Waals surface area contributed by atoms with Crippen LogP contribution in [0.4, 0.5) is 0 Å². The molecular weight excluding hydrogens is 474 g/mol. The summed E-state index contributed by atoms with van der Waals surface area (Å²) in [5, 5.41) is 11.2. The maximum Gasteiger partial charge on any atom is 0.283 e. The number of ether oxygens (including phenoxy) is 3. The van der Waals surface area contributed by atoms with Crippen molar-refractivity contribution in [1.29, 1.82) is 5.41 Å². The van der Waals surface area contributed by atoms with Crippen LogP contribution in [0.1, 0.15) is 11.1 Å². The van der Waals surface area contributed by atoms with Gasteiger partial charge in [-0.15, -0.1) is 0 Å². The zero-order valence-electron chi connectivity index (χ0n) is 19.5. The number of hydrogen-bond acceptors (Lipinski definition) is 6. The third-order valence-corrected chi connectivity index (χ3v) is 6.36. The quantitative estimate of drug-likeness (QED) is 0.329. The maximum absolute atomic E-state index is 12.7. The van der Waals surface area contributed by atoms with Gasteiger partial charge in [-0.1, -0.05) is 60.3 Å². The first-order valence-corrected chi connectivity index (χ1v) is 12.2. The fraction of sp³-hybridized carbons (Fsp3) is 0.107. The highest BCUT2D eigenvalue weighted by atomic mass is 32.2. The van der Waals surface area contributed by atoms with Gasteiger partial charge in [-0.2, -0.15) is 4.99 Å². The summed E-state index contributed by atoms with van der Waals surface area (Å²) < 4.78 is 16.7. The van der Waals surface area contributed by atoms with Gasteiger partial charge in [-0.05, 0) is 41.5 Å². The average Bonchev–Trinajstić information content (AvgIpc) is 3.34. The van der Waals surface area contributed by atoms with Gasteiger partial charge in [0.2, 0.25) is 0 Å². The standard InChI is InChI=1S/C28H23N3O4S/c1-33-22-8-5-9-23(17-22)35-15-14-34-21-12-10-19(11-13-21)16-24-26(29)31-25(20-6-3-2-4-7-20)18-36-28(31)30-27(24)32/h2-13,16-18,29H,14-15H2,1H3. The molecule has 0 fully saturated rings. The van der Waals surface area contributed by atoms with Gasteiger partial charge in [0.15, 0.2) is 5.17 Å². The number of carbonyl (C=O) groups excluding carboxylic acids is 1. The van der Waals surface area contributed by atoms with E-state index in [9.17, 15) is 4.79 Å². The molecule has 0 radical (unpaired) electrons. The van der Waals surface area contributed by atoms with Crippen LogP contribution in [0.25, 0.3) is 11.8 Å². The third-order valence-electron chi connectivity index (χ3n) is 5.54. The summed E-state index contributed by atoms with van der Waals surface area (Å²) in [6.45, 7) is 0.760. The molecule has 180 valence electrons. The Kier molecular flexibility index (Phi) is 6.86. The van der Waals surface area contributed by atoms with Gasteiger partial charge >= 0.3 is 0 Å². The van der Waals surface area contributed by atoms with Crippen molar-refractivity contribution < 1.29 is 19.0 Å². The number of nitrogens with one attached hydrogen (secondary N) is 1. The van der Waals surface area contributed by atoms with Crippen molar-refractivity contribution >= 4 is 40.4 Å². The van der Waals surface area contributed by atoms with Crippen molar-refractivity contribution in [2.45, 2.75) is 0 Å². The van der Waals surface area contributed by atoms with Crippen LogP contribution in [-0.4, -0.2) is 42.1 Å². The van der Waals surface area contributed by atoms with E-state index < -0.39 is 5.91 Å². The number of amides is 1. The fourth-order valence-electron chi connectivity index (χ4n) is 3.75. The van der Waals surface area contributed by atoms with Gasteiger partial charge in [0.05, 0.1) is 18.4 Å². The Morgan fingerprint density at radius 1 is 0.917 bits per heavy atom. The van der Waals surface area contributed by atoms with E-state index in [0.29, 0.717) is 29.9 Å². The van der Waals surface area contributed by atoms with Crippen molar-refractivity contribution in [3.63, 3.8) is 0 Å². The van der Waals surface area contributed by atoms with Crippen molar-refractivity contribution in [2.75, 3.05) is 20.3 Å². The Balaban J connectivity index is 1.22. The smallest absolute Gasteiger partial charge is 0.283 e. The lowest BCUT2D eigenvalue weighted by molar-refractivity contribution is -0.114. The molecule has 1 N–H and O–H groups in total. The molecule has 0 unspecified atom stereocenters. The van der Waals surface area contributed by atoms with Crippen LogP contribution in [0, 0.1) is 5.41 Å². The van der Waals surface area contributed by atoms with Crippen LogP contribution < -0.4 is 14.2 Å². The molecule has 2 aliphatic rings. The van der Waals surface area contributed by atoms with Gasteiger partial charge in [-0.3, -0.25) is 15.1 Å². The van der Waals surface area contributed by atoms with Crippen LogP contribution in [0.2, 0.25) is 0 Å². The molecule has 1 amide bonds. The molecule has 8 heteroatoms. The normalized spacial score (nSPS) is 15.9. The number of fused-ring (bicyclic) bond motifs is 1. The number of thioether (sulfide) groups is 1. The number of amidine groups is 2. The van der Waals surface area contributed by atoms with E-state index in [4.69, 9.17) is 19.6 Å². The molecular formula is C28H23N3O4S. The summed E-state index contributed by atoms with van der Waals surface area (Å²) in [4.78, 5) is 18.6. The zero-order valence-corrected chi connectivity index (χ0v) is 20.3. The Morgan fingerprint density at radius 2 is 1.64 bits per heavy atom. The lowest BCUT2D eigenvalue weighted by atomic mass is 10.1. The minimum absolute atomic E-state index is 0.111. The second-order valence-electron chi connectivity index (χ2n) is 7.87. The second-order valence-corrected chi connectivity index (χ2v) is 8.71. The molecule has 3 aromatic rings. The maximum atomic E-state index is 12.7. The molecule has 3 aromatic carbocycles. The summed E-state index contributed by atoms with van der Waals surface area (Å²) >= 11 is 1.35. The largest absolute Gasteiger partial charge is 0.497 e. The summed E-state index contributed by atoms with van der Waals surface area (Å²) in [6.07, 6.45) is 1.69. The van der Waals surface area contributed by atoms with E-state index >= 15 is 0 Å². The SMILES string of the molecule is COc1cccc(OCCOc2ccc(C=C3C(=N)N4C(c5ccccc5)=CSC4=NC3=O)cc2)c1. The van der Waals surface area contributed by atoms with Crippen molar-refractivity contribution in [3.05, 3.63) is 101 Å². The molecule has 0 aliphatic carbocycles. The first-order chi connectivity index (χ1) is 17.6. The second kappa shape index (κ2) is 10.5. The highest BCUT2D eigenvalue weighted by Gasteiger charge is 2.36. The van der Waals surface area contributed by atoms with Crippen molar-refractivity contribution in [1.82, 2.24) is 4.90 Å². The molecule has 0 saturated heterocycles. The Labute approximate surface area is 213 Å². The fourth-order valence-corrected chi connectivity index (χ4v) is 4.64. The predicted molar refractivity (Wildman–Crippen MR) is 142 cm³/mol. The Morgan fingerprint density at radius 3 is 2.39 bits per heavy atom. The summed E-state index contributed by atoms with van der Waals surface area (Å²) in [5.74, 6) is 1.82. The predicted octanol–water partition coefficient (Wildman–Crippen LogP) is 5.46. The number of nitrogens with zero attached hydrogens (tertiary/aromatic N) is 2. The van der Waals surface area contributed by atoms with Crippen LogP contribution in [-0.2, 0) is 4.79 Å². The Bertz CT molecular complexity index is 1380. The number of benzene rings is 3. The number of methoxy groups -OCH3 is 1. The van der Waals surface area contributed by atoms with Crippen molar-refractivity contribution in [3.8, 4) is 17.2 Å². The van der Waals surface area contributed by atoms with Crippen LogP contribution in [0.15, 0.2) is 94.8 Å². The molecule has 5 rings (SSSR count). The molecule has 36 heavy (non-hydrogen) atoms. The van der Waals surface area contributed by atoms with E-state index in [-0.39, 0.29) is 11.4 Å². The van der Waals surface area contributed by atoms with E-state index in [1.165, 1.54) is 11.8 Å². The molecule has 0 aromatic heterocycles. The van der Waals surface area contributed by atoms with E-state index in [0.717, 1.165) is 22.6 Å². The van der Waals surface area contributed by atoms with Gasteiger partial charge in [0.1, 0.15) is 36.3 Å². The molecule has 0 spiro atoms. The lowest BCUT2D eigenvalue weighted by Crippen LogP contribution is -2.38. The average molecular weight is 498 g/mol. The summed E-state index contributed by atoms with van der Waals surface area (Å²) in [7, 11) is 1.61. The summed E-state index contributed by atoms with van der Waals surface area (Å²) in [6, 6.07) is 24.5. The van der Waals surface area contributed by atoms with Gasteiger partial charge < -0.3 is 14.2 Å².